The third-order valence-corrected chi connectivity index (χ3v) is 9.11. The zero-order chi connectivity index (χ0) is 23.9. The molecule has 0 bridgehead atoms. The van der Waals surface area contributed by atoms with Gasteiger partial charge in [-0.05, 0) is 44.4 Å². The van der Waals surface area contributed by atoms with Crippen LogP contribution in [0.4, 0.5) is 0 Å². The number of hydrogen-bond donors (Lipinski definition) is 0. The fraction of sp³-hybridized carbons (Fsp3) is 0.727. The summed E-state index contributed by atoms with van der Waals surface area (Å²) in [5.41, 5.74) is 0. The van der Waals surface area contributed by atoms with Gasteiger partial charge in [-0.2, -0.15) is 0 Å². The van der Waals surface area contributed by atoms with Gasteiger partial charge < -0.3 is 18.8 Å². The van der Waals surface area contributed by atoms with Crippen LogP contribution in [0.15, 0.2) is 12.4 Å². The van der Waals surface area contributed by atoms with Crippen LogP contribution in [0.25, 0.3) is 0 Å². The Balaban J connectivity index is 1.45. The highest BCUT2D eigenvalue weighted by Crippen LogP contribution is 2.53. The summed E-state index contributed by atoms with van der Waals surface area (Å²) in [7, 11) is -2.25. The van der Waals surface area contributed by atoms with Crippen molar-refractivity contribution >= 4 is 21.4 Å². The van der Waals surface area contributed by atoms with E-state index in [1.165, 1.54) is 19.5 Å². The van der Waals surface area contributed by atoms with Crippen LogP contribution in [0.2, 0.25) is 5.02 Å². The van der Waals surface area contributed by atoms with E-state index < -0.39 is 21.2 Å². The molecule has 0 unspecified atom stereocenters. The van der Waals surface area contributed by atoms with Crippen molar-refractivity contribution in [2.45, 2.75) is 61.9 Å². The summed E-state index contributed by atoms with van der Waals surface area (Å²) in [4.78, 5) is 8.34. The molecule has 0 amide bonds. The van der Waals surface area contributed by atoms with Crippen molar-refractivity contribution in [3.05, 3.63) is 34.9 Å². The molecule has 1 aliphatic heterocycles. The minimum atomic E-state index is -3.70. The molecular formula is C22H30ClN5O5S. The van der Waals surface area contributed by atoms with Gasteiger partial charge >= 0.3 is 0 Å². The van der Waals surface area contributed by atoms with E-state index in [4.69, 9.17) is 25.8 Å². The summed E-state index contributed by atoms with van der Waals surface area (Å²) in [6, 6.07) is 0.203. The number of rotatable bonds is 10. The maximum absolute atomic E-state index is 13.6. The lowest BCUT2D eigenvalue weighted by Crippen LogP contribution is -2.31. The molecule has 1 saturated heterocycles. The Bertz CT molecular complexity index is 1090. The van der Waals surface area contributed by atoms with Gasteiger partial charge in [0.1, 0.15) is 23.8 Å². The molecule has 5 rings (SSSR count). The van der Waals surface area contributed by atoms with Gasteiger partial charge in [-0.15, -0.1) is 10.2 Å². The Morgan fingerprint density at radius 1 is 1.15 bits per heavy atom. The number of nitrogens with zero attached hydrogens (tertiary/aromatic N) is 5. The summed E-state index contributed by atoms with van der Waals surface area (Å²) < 4.78 is 46.3. The zero-order valence-corrected chi connectivity index (χ0v) is 20.9. The van der Waals surface area contributed by atoms with Crippen LogP contribution in [-0.2, 0) is 29.8 Å². The first kappa shape index (κ1) is 24.1. The molecule has 186 valence electrons. The van der Waals surface area contributed by atoms with Crippen molar-refractivity contribution in [1.29, 1.82) is 0 Å². The highest BCUT2D eigenvalue weighted by molar-refractivity contribution is 7.91. The van der Waals surface area contributed by atoms with E-state index in [0.29, 0.717) is 48.3 Å². The second-order valence-electron chi connectivity index (χ2n) is 9.37. The first-order valence-corrected chi connectivity index (χ1v) is 13.8. The van der Waals surface area contributed by atoms with Gasteiger partial charge in [0.05, 0.1) is 30.1 Å². The van der Waals surface area contributed by atoms with E-state index in [1.54, 1.807) is 6.92 Å². The van der Waals surface area contributed by atoms with E-state index in [9.17, 15) is 8.42 Å². The minimum Gasteiger partial charge on any atom is -0.376 e. The van der Waals surface area contributed by atoms with Gasteiger partial charge in [-0.1, -0.05) is 11.6 Å². The molecule has 0 radical (unpaired) electrons. The Morgan fingerprint density at radius 2 is 1.82 bits per heavy atom. The summed E-state index contributed by atoms with van der Waals surface area (Å²) in [6.45, 7) is 3.03. The van der Waals surface area contributed by atoms with Crippen LogP contribution >= 0.6 is 11.6 Å². The topological polar surface area (TPSA) is 118 Å². The molecule has 2 saturated carbocycles. The third kappa shape index (κ3) is 4.99. The molecule has 2 aliphatic carbocycles. The van der Waals surface area contributed by atoms with Crippen molar-refractivity contribution in [2.24, 2.45) is 11.8 Å². The van der Waals surface area contributed by atoms with E-state index in [2.05, 4.69) is 24.7 Å². The highest BCUT2D eigenvalue weighted by atomic mass is 35.5. The molecule has 0 spiro atoms. The van der Waals surface area contributed by atoms with Crippen LogP contribution in [0.1, 0.15) is 68.3 Å². The number of hydrogen-bond acceptors (Lipinski definition) is 9. The van der Waals surface area contributed by atoms with Crippen LogP contribution in [0.5, 0.6) is 0 Å². The Labute approximate surface area is 204 Å². The van der Waals surface area contributed by atoms with Gasteiger partial charge in [0.15, 0.2) is 21.5 Å². The SMILES string of the molecule is CO[C@H](c1ncc(Cl)cn1)[C@H](C)S(=O)(=O)Cc1nnc([C@@H]2COCCO2)n1C(C1CC1)C1CC1. The van der Waals surface area contributed by atoms with Crippen LogP contribution in [-0.4, -0.2) is 65.3 Å². The molecule has 2 aromatic rings. The molecule has 34 heavy (non-hydrogen) atoms. The maximum Gasteiger partial charge on any atom is 0.164 e. The average molecular weight is 512 g/mol. The molecule has 3 atom stereocenters. The predicted octanol–water partition coefficient (Wildman–Crippen LogP) is 2.86. The van der Waals surface area contributed by atoms with Gasteiger partial charge in [0.25, 0.3) is 0 Å². The molecule has 2 aromatic heterocycles. The lowest BCUT2D eigenvalue weighted by atomic mass is 10.1. The highest BCUT2D eigenvalue weighted by Gasteiger charge is 2.46. The molecule has 3 aliphatic rings. The Hall–Kier alpha value is -1.66. The van der Waals surface area contributed by atoms with Crippen molar-refractivity contribution in [3.8, 4) is 0 Å². The fourth-order valence-electron chi connectivity index (χ4n) is 4.78. The van der Waals surface area contributed by atoms with Gasteiger partial charge in [-0.25, -0.2) is 18.4 Å². The number of methoxy groups -OCH3 is 1. The van der Waals surface area contributed by atoms with E-state index in [1.807, 2.05) is 0 Å². The van der Waals surface area contributed by atoms with E-state index >= 15 is 0 Å². The summed E-state index contributed by atoms with van der Waals surface area (Å²) in [6.07, 6.45) is 6.25. The zero-order valence-electron chi connectivity index (χ0n) is 19.3. The number of sulfone groups is 1. The minimum absolute atomic E-state index is 0.203. The van der Waals surface area contributed by atoms with E-state index in [0.717, 1.165) is 25.7 Å². The second-order valence-corrected chi connectivity index (χ2v) is 12.2. The average Bonchev–Trinajstić information content (AvgIpc) is 3.76. The van der Waals surface area contributed by atoms with Crippen molar-refractivity contribution in [2.75, 3.05) is 26.9 Å². The monoisotopic (exact) mass is 511 g/mol. The van der Waals surface area contributed by atoms with Crippen molar-refractivity contribution < 1.29 is 22.6 Å². The first-order valence-electron chi connectivity index (χ1n) is 11.7. The van der Waals surface area contributed by atoms with Gasteiger partial charge in [0, 0.05) is 25.5 Å². The fourth-order valence-corrected chi connectivity index (χ4v) is 6.30. The summed E-state index contributed by atoms with van der Waals surface area (Å²) in [5.74, 6) is 2.20. The molecular weight excluding hydrogens is 482 g/mol. The van der Waals surface area contributed by atoms with Crippen LogP contribution in [0.3, 0.4) is 0 Å². The smallest absolute Gasteiger partial charge is 0.164 e. The number of halogens is 1. The van der Waals surface area contributed by atoms with Crippen LogP contribution in [0, 0.1) is 11.8 Å². The standard InChI is InChI=1S/C22H30ClN5O5S/c1-13(20(31-2)21-24-9-16(23)10-25-21)34(29,30)12-18-26-27-22(17-11-32-7-8-33-17)28(18)19(14-3-4-14)15-5-6-15/h9-10,13-15,17,19-20H,3-8,11-12H2,1-2H3/t13-,17-,20-/m0/s1. The molecule has 12 heteroatoms. The number of ether oxygens (including phenoxy) is 3. The molecule has 3 heterocycles. The maximum atomic E-state index is 13.6. The van der Waals surface area contributed by atoms with Crippen molar-refractivity contribution in [3.63, 3.8) is 0 Å². The normalized spacial score (nSPS) is 23.2. The largest absolute Gasteiger partial charge is 0.376 e. The lowest BCUT2D eigenvalue weighted by Gasteiger charge is -2.28. The summed E-state index contributed by atoms with van der Waals surface area (Å²) >= 11 is 5.89. The molecule has 0 aromatic carbocycles. The quantitative estimate of drug-likeness (QED) is 0.474. The third-order valence-electron chi connectivity index (χ3n) is 6.88. The van der Waals surface area contributed by atoms with Gasteiger partial charge in [-0.3, -0.25) is 0 Å². The molecule has 10 nitrogen and oxygen atoms in total. The Kier molecular flexibility index (Phi) is 6.91. The second kappa shape index (κ2) is 9.77. The molecule has 3 fully saturated rings. The first-order chi connectivity index (χ1) is 16.4. The van der Waals surface area contributed by atoms with Crippen LogP contribution < -0.4 is 0 Å². The van der Waals surface area contributed by atoms with Crippen molar-refractivity contribution in [1.82, 2.24) is 24.7 Å². The number of aromatic nitrogens is 5. The van der Waals surface area contributed by atoms with E-state index in [-0.39, 0.29) is 23.7 Å². The Morgan fingerprint density at radius 3 is 2.38 bits per heavy atom. The molecule has 0 N–H and O–H groups in total. The van der Waals surface area contributed by atoms with Gasteiger partial charge in [0.2, 0.25) is 0 Å². The predicted molar refractivity (Wildman–Crippen MR) is 123 cm³/mol. The lowest BCUT2D eigenvalue weighted by molar-refractivity contribution is -0.0954. The summed E-state index contributed by atoms with van der Waals surface area (Å²) in [5, 5.41) is 8.28.